The largest absolute Gasteiger partial charge is 0.420 e. The quantitative estimate of drug-likeness (QED) is 0.359. The van der Waals surface area contributed by atoms with Gasteiger partial charge in [0.2, 0.25) is 5.91 Å². The number of nitrogens with zero attached hydrogens (tertiary/aromatic N) is 1. The summed E-state index contributed by atoms with van der Waals surface area (Å²) in [4.78, 5) is 40.7. The van der Waals surface area contributed by atoms with Crippen LogP contribution in [0.25, 0.3) is 11.6 Å². The van der Waals surface area contributed by atoms with Crippen LogP contribution in [-0.2, 0) is 15.8 Å². The molecule has 35 heavy (non-hydrogen) atoms. The van der Waals surface area contributed by atoms with Crippen LogP contribution in [0, 0.1) is 12.7 Å². The van der Waals surface area contributed by atoms with Crippen LogP contribution in [0.3, 0.4) is 0 Å². The van der Waals surface area contributed by atoms with E-state index in [0.29, 0.717) is 13.1 Å². The number of amides is 4. The molecule has 2 aromatic rings. The van der Waals surface area contributed by atoms with E-state index in [1.54, 1.807) is 0 Å². The van der Waals surface area contributed by atoms with Crippen molar-refractivity contribution in [2.75, 3.05) is 29.0 Å². The van der Waals surface area contributed by atoms with Gasteiger partial charge in [0.15, 0.2) is 0 Å². The smallest absolute Gasteiger partial charge is 0.357 e. The highest BCUT2D eigenvalue weighted by Crippen LogP contribution is 2.43. The number of carbonyl (C=O) groups excluding carboxylic acids is 3. The fraction of sp³-hybridized carbons (Fsp3) is 0.348. The topological polar surface area (TPSA) is 106 Å². The highest BCUT2D eigenvalue weighted by Gasteiger charge is 2.40. The molecule has 4 rings (SSSR count). The van der Waals surface area contributed by atoms with Crippen molar-refractivity contribution in [2.45, 2.75) is 39.3 Å². The van der Waals surface area contributed by atoms with Gasteiger partial charge in [-0.25, -0.2) is 9.18 Å². The molecule has 0 unspecified atom stereocenters. The number of H-pyrrole nitrogens is 1. The maximum Gasteiger partial charge on any atom is 0.420 e. The van der Waals surface area contributed by atoms with Gasteiger partial charge in [0.05, 0.1) is 28.3 Å². The molecule has 2 aliphatic heterocycles. The maximum atomic E-state index is 14.2. The highest BCUT2D eigenvalue weighted by atomic mass is 19.4. The molecule has 0 aliphatic carbocycles. The van der Waals surface area contributed by atoms with E-state index in [4.69, 9.17) is 0 Å². The minimum atomic E-state index is -4.87. The van der Waals surface area contributed by atoms with Gasteiger partial charge in [0.1, 0.15) is 11.4 Å². The number of alkyl halides is 3. The summed E-state index contributed by atoms with van der Waals surface area (Å²) >= 11 is 0. The Labute approximate surface area is 197 Å². The molecule has 0 spiro atoms. The number of carbonyl (C=O) groups is 3. The van der Waals surface area contributed by atoms with Crippen molar-refractivity contribution in [3.8, 4) is 0 Å². The van der Waals surface area contributed by atoms with E-state index < -0.39 is 46.8 Å². The molecule has 0 radical (unpaired) electrons. The second-order valence-electron chi connectivity index (χ2n) is 8.46. The van der Waals surface area contributed by atoms with Gasteiger partial charge in [0.25, 0.3) is 5.91 Å². The maximum absolute atomic E-state index is 14.2. The van der Waals surface area contributed by atoms with Crippen LogP contribution in [0.4, 0.5) is 39.4 Å². The standard InChI is InChI=1S/C23H23F4N5O3/c1-11-19(31-22(35)32-6-4-3-5-7-32)18(23(25,26)27)16(28-11)10-15-14-8-13(24)9-17(29-12(2)33)20(14)30-21(15)34/h8-10,28H,3-7H2,1-2H3,(H,29,33)(H,30,34)(H,31,35)/b15-10-. The Bertz CT molecular complexity index is 1240. The van der Waals surface area contributed by atoms with Crippen molar-refractivity contribution in [3.05, 3.63) is 40.5 Å². The molecule has 0 bridgehead atoms. The van der Waals surface area contributed by atoms with Crippen molar-refractivity contribution in [1.82, 2.24) is 9.88 Å². The molecule has 3 heterocycles. The van der Waals surface area contributed by atoms with Crippen LogP contribution < -0.4 is 16.0 Å². The number of nitrogens with one attached hydrogen (secondary N) is 4. The van der Waals surface area contributed by atoms with E-state index in [9.17, 15) is 31.9 Å². The number of piperidine rings is 1. The highest BCUT2D eigenvalue weighted by molar-refractivity contribution is 6.36. The lowest BCUT2D eigenvalue weighted by Gasteiger charge is -2.27. The molecule has 12 heteroatoms. The molecule has 1 aromatic heterocycles. The number of aromatic amines is 1. The van der Waals surface area contributed by atoms with E-state index in [1.807, 2.05) is 0 Å². The van der Waals surface area contributed by atoms with Crippen molar-refractivity contribution in [2.24, 2.45) is 0 Å². The third-order valence-corrected chi connectivity index (χ3v) is 5.85. The zero-order chi connectivity index (χ0) is 25.5. The zero-order valence-corrected chi connectivity index (χ0v) is 19.0. The number of aryl methyl sites for hydroxylation is 1. The van der Waals surface area contributed by atoms with Gasteiger partial charge >= 0.3 is 12.2 Å². The van der Waals surface area contributed by atoms with Gasteiger partial charge in [-0.3, -0.25) is 9.59 Å². The number of fused-ring (bicyclic) bond motifs is 1. The van der Waals surface area contributed by atoms with E-state index in [1.165, 1.54) is 18.7 Å². The molecule has 2 aliphatic rings. The average molecular weight is 493 g/mol. The molecule has 0 saturated carbocycles. The van der Waals surface area contributed by atoms with Crippen molar-refractivity contribution in [3.63, 3.8) is 0 Å². The Hall–Kier alpha value is -3.83. The summed E-state index contributed by atoms with van der Waals surface area (Å²) in [5, 5.41) is 7.22. The molecule has 4 N–H and O–H groups in total. The molecule has 1 fully saturated rings. The molecule has 186 valence electrons. The second kappa shape index (κ2) is 9.08. The fourth-order valence-corrected chi connectivity index (χ4v) is 4.32. The summed E-state index contributed by atoms with van der Waals surface area (Å²) in [7, 11) is 0. The van der Waals surface area contributed by atoms with E-state index in [-0.39, 0.29) is 28.2 Å². The predicted molar refractivity (Wildman–Crippen MR) is 122 cm³/mol. The summed E-state index contributed by atoms with van der Waals surface area (Å²) in [6, 6.07) is 1.35. The number of benzene rings is 1. The van der Waals surface area contributed by atoms with Gasteiger partial charge in [-0.05, 0) is 44.4 Å². The molecular formula is C23H23F4N5O3. The predicted octanol–water partition coefficient (Wildman–Crippen LogP) is 4.95. The molecule has 8 nitrogen and oxygen atoms in total. The Balaban J connectivity index is 1.78. The molecule has 1 aromatic carbocycles. The number of hydrogen-bond acceptors (Lipinski definition) is 3. The number of rotatable bonds is 3. The number of urea groups is 1. The van der Waals surface area contributed by atoms with Crippen LogP contribution in [0.1, 0.15) is 48.7 Å². The minimum absolute atomic E-state index is 0.00182. The number of anilines is 3. The SMILES string of the molecule is CC(=O)Nc1cc(F)cc2c1NC(=O)/C2=C\c1[nH]c(C)c(NC(=O)N2CCCCC2)c1C(F)(F)F. The first-order valence-electron chi connectivity index (χ1n) is 11.0. The van der Waals surface area contributed by atoms with E-state index in [2.05, 4.69) is 20.9 Å². The normalized spacial score (nSPS) is 16.8. The summed E-state index contributed by atoms with van der Waals surface area (Å²) in [6.45, 7) is 3.47. The zero-order valence-electron chi connectivity index (χ0n) is 19.0. The third kappa shape index (κ3) is 4.86. The van der Waals surface area contributed by atoms with Gasteiger partial charge in [-0.15, -0.1) is 0 Å². The van der Waals surface area contributed by atoms with Crippen molar-refractivity contribution < 1.29 is 31.9 Å². The third-order valence-electron chi connectivity index (χ3n) is 5.85. The second-order valence-corrected chi connectivity index (χ2v) is 8.46. The summed E-state index contributed by atoms with van der Waals surface area (Å²) < 4.78 is 56.6. The first kappa shape index (κ1) is 24.3. The lowest BCUT2D eigenvalue weighted by molar-refractivity contribution is -0.137. The average Bonchev–Trinajstić information content (AvgIpc) is 3.25. The van der Waals surface area contributed by atoms with Crippen LogP contribution in [0.15, 0.2) is 12.1 Å². The molecule has 1 saturated heterocycles. The number of likely N-dealkylation sites (tertiary alicyclic amines) is 1. The molecular weight excluding hydrogens is 470 g/mol. The van der Waals surface area contributed by atoms with Gasteiger partial charge < -0.3 is 25.8 Å². The van der Waals surface area contributed by atoms with E-state index >= 15 is 0 Å². The van der Waals surface area contributed by atoms with Crippen molar-refractivity contribution in [1.29, 1.82) is 0 Å². The van der Waals surface area contributed by atoms with Crippen LogP contribution >= 0.6 is 0 Å². The van der Waals surface area contributed by atoms with E-state index in [0.717, 1.165) is 37.5 Å². The minimum Gasteiger partial charge on any atom is -0.357 e. The number of aromatic nitrogens is 1. The summed E-state index contributed by atoms with van der Waals surface area (Å²) in [5.74, 6) is -2.07. The van der Waals surface area contributed by atoms with Gasteiger partial charge in [0, 0.05) is 31.3 Å². The summed E-state index contributed by atoms with van der Waals surface area (Å²) in [5.41, 5.74) is -2.17. The monoisotopic (exact) mass is 493 g/mol. The van der Waals surface area contributed by atoms with Crippen LogP contribution in [0.5, 0.6) is 0 Å². The van der Waals surface area contributed by atoms with Crippen LogP contribution in [-0.4, -0.2) is 40.8 Å². The molecule has 0 atom stereocenters. The number of hydrogen-bond donors (Lipinski definition) is 4. The Morgan fingerprint density at radius 2 is 1.80 bits per heavy atom. The molecule has 4 amide bonds. The Morgan fingerprint density at radius 1 is 1.11 bits per heavy atom. The summed E-state index contributed by atoms with van der Waals surface area (Å²) in [6.07, 6.45) is -1.41. The lowest BCUT2D eigenvalue weighted by atomic mass is 10.0. The van der Waals surface area contributed by atoms with Crippen LogP contribution in [0.2, 0.25) is 0 Å². The fourth-order valence-electron chi connectivity index (χ4n) is 4.32. The first-order valence-corrected chi connectivity index (χ1v) is 11.0. The van der Waals surface area contributed by atoms with Crippen molar-refractivity contribution >= 4 is 46.6 Å². The van der Waals surface area contributed by atoms with Gasteiger partial charge in [-0.2, -0.15) is 13.2 Å². The Morgan fingerprint density at radius 3 is 2.43 bits per heavy atom. The lowest BCUT2D eigenvalue weighted by Crippen LogP contribution is -2.39. The number of halogens is 4. The first-order chi connectivity index (χ1) is 16.5. The van der Waals surface area contributed by atoms with Gasteiger partial charge in [-0.1, -0.05) is 0 Å². The Kier molecular flexibility index (Phi) is 6.30.